The molecule has 1 aliphatic carbocycles. The molecule has 1 aromatic rings. The van der Waals surface area contributed by atoms with Gasteiger partial charge in [-0.25, -0.2) is 4.39 Å². The molecule has 1 aromatic carbocycles. The first-order valence-corrected chi connectivity index (χ1v) is 9.71. The Kier molecular flexibility index (Phi) is 6.31. The minimum Gasteiger partial charge on any atom is -0.358 e. The molecule has 3 rings (SSSR count). The van der Waals surface area contributed by atoms with Crippen LogP contribution in [0.25, 0.3) is 0 Å². The number of carbonyl (C=O) groups excluding carboxylic acids is 1. The second-order valence-corrected chi connectivity index (χ2v) is 7.58. The van der Waals surface area contributed by atoms with Gasteiger partial charge in [-0.2, -0.15) is 0 Å². The molecule has 27 heavy (non-hydrogen) atoms. The van der Waals surface area contributed by atoms with E-state index in [1.807, 2.05) is 6.07 Å². The maximum Gasteiger partial charge on any atom is 0.233 e. The third-order valence-electron chi connectivity index (χ3n) is 5.68. The molecule has 1 aliphatic heterocycles. The van der Waals surface area contributed by atoms with Crippen molar-refractivity contribution in [2.45, 2.75) is 37.1 Å². The summed E-state index contributed by atoms with van der Waals surface area (Å²) in [5, 5.41) is 9.59. The first-order chi connectivity index (χ1) is 13.0. The van der Waals surface area contributed by atoms with Crippen LogP contribution in [0.15, 0.2) is 29.3 Å². The van der Waals surface area contributed by atoms with Crippen LogP contribution in [-0.2, 0) is 10.2 Å². The van der Waals surface area contributed by atoms with Crippen molar-refractivity contribution >= 4 is 11.9 Å². The second-order valence-electron chi connectivity index (χ2n) is 7.58. The third kappa shape index (κ3) is 5.19. The van der Waals surface area contributed by atoms with Crippen LogP contribution in [0.2, 0.25) is 0 Å². The molecule has 7 heteroatoms. The molecule has 0 unspecified atom stereocenters. The van der Waals surface area contributed by atoms with Gasteiger partial charge in [-0.05, 0) is 43.4 Å². The molecule has 0 bridgehead atoms. The summed E-state index contributed by atoms with van der Waals surface area (Å²) in [6, 6.07) is 7.28. The number of hydrogen-bond acceptors (Lipinski definition) is 3. The Labute approximate surface area is 160 Å². The minimum absolute atomic E-state index is 0.0244. The van der Waals surface area contributed by atoms with Gasteiger partial charge in [0, 0.05) is 45.2 Å². The Bertz CT molecular complexity index is 681. The van der Waals surface area contributed by atoms with Gasteiger partial charge in [0.1, 0.15) is 5.82 Å². The summed E-state index contributed by atoms with van der Waals surface area (Å²) in [5.41, 5.74) is 1.09. The Morgan fingerprint density at radius 1 is 1.33 bits per heavy atom. The second kappa shape index (κ2) is 8.69. The number of likely N-dealkylation sites (tertiary alicyclic amines) is 1. The van der Waals surface area contributed by atoms with Crippen LogP contribution in [0.1, 0.15) is 31.2 Å². The van der Waals surface area contributed by atoms with Gasteiger partial charge in [0.15, 0.2) is 5.96 Å². The van der Waals surface area contributed by atoms with E-state index in [1.54, 1.807) is 26.2 Å². The molecule has 1 amide bonds. The van der Waals surface area contributed by atoms with Crippen LogP contribution >= 0.6 is 0 Å². The number of halogens is 1. The van der Waals surface area contributed by atoms with Gasteiger partial charge in [-0.15, -0.1) is 0 Å². The van der Waals surface area contributed by atoms with Crippen molar-refractivity contribution in [3.63, 3.8) is 0 Å². The van der Waals surface area contributed by atoms with E-state index in [1.165, 1.54) is 6.07 Å². The van der Waals surface area contributed by atoms with E-state index in [-0.39, 0.29) is 17.1 Å². The zero-order chi connectivity index (χ0) is 19.3. The first-order valence-electron chi connectivity index (χ1n) is 9.71. The molecule has 0 atom stereocenters. The van der Waals surface area contributed by atoms with Crippen molar-refractivity contribution in [3.05, 3.63) is 35.6 Å². The largest absolute Gasteiger partial charge is 0.358 e. The minimum atomic E-state index is -0.176. The number of aliphatic imine (C=N–C) groups is 1. The normalized spacial score (nSPS) is 20.2. The van der Waals surface area contributed by atoms with E-state index in [4.69, 9.17) is 0 Å². The monoisotopic (exact) mass is 375 g/mol. The molecule has 3 N–H and O–H groups in total. The molecular weight excluding hydrogens is 345 g/mol. The molecule has 148 valence electrons. The number of hydrogen-bond donors (Lipinski definition) is 3. The van der Waals surface area contributed by atoms with Gasteiger partial charge in [0.25, 0.3) is 0 Å². The molecule has 1 saturated heterocycles. The highest BCUT2D eigenvalue weighted by Crippen LogP contribution is 2.47. The molecule has 0 spiro atoms. The van der Waals surface area contributed by atoms with Crippen molar-refractivity contribution in [3.8, 4) is 0 Å². The number of benzene rings is 1. The predicted molar refractivity (Wildman–Crippen MR) is 105 cm³/mol. The molecule has 0 radical (unpaired) electrons. The van der Waals surface area contributed by atoms with Gasteiger partial charge in [-0.1, -0.05) is 12.1 Å². The SMILES string of the molecule is CN=C(NCC1(c2cccc(F)c2)CC1)NC1CCN(CC(=O)NC)CC1. The summed E-state index contributed by atoms with van der Waals surface area (Å²) in [6.07, 6.45) is 4.09. The van der Waals surface area contributed by atoms with Gasteiger partial charge >= 0.3 is 0 Å². The van der Waals surface area contributed by atoms with E-state index in [0.29, 0.717) is 12.6 Å². The van der Waals surface area contributed by atoms with Crippen LogP contribution in [-0.4, -0.2) is 63.1 Å². The van der Waals surface area contributed by atoms with E-state index in [0.717, 1.165) is 56.8 Å². The summed E-state index contributed by atoms with van der Waals surface area (Å²) in [5.74, 6) is 0.679. The number of guanidine groups is 1. The lowest BCUT2D eigenvalue weighted by Crippen LogP contribution is -2.50. The summed E-state index contributed by atoms with van der Waals surface area (Å²) < 4.78 is 13.5. The highest BCUT2D eigenvalue weighted by atomic mass is 19.1. The zero-order valence-corrected chi connectivity index (χ0v) is 16.2. The van der Waals surface area contributed by atoms with Crippen molar-refractivity contribution in [2.75, 3.05) is 40.3 Å². The lowest BCUT2D eigenvalue weighted by atomic mass is 9.96. The Morgan fingerprint density at radius 2 is 2.07 bits per heavy atom. The maximum atomic E-state index is 13.5. The van der Waals surface area contributed by atoms with E-state index >= 15 is 0 Å². The standard InChI is InChI=1S/C20H30FN5O/c1-22-18(27)13-26-10-6-17(7-11-26)25-19(23-2)24-14-20(8-9-20)15-4-3-5-16(21)12-15/h3-5,12,17H,6-11,13-14H2,1-2H3,(H,22,27)(H2,23,24,25). The summed E-state index contributed by atoms with van der Waals surface area (Å²) in [7, 11) is 3.45. The average molecular weight is 375 g/mol. The molecule has 2 fully saturated rings. The van der Waals surface area contributed by atoms with Crippen LogP contribution in [0.3, 0.4) is 0 Å². The molecule has 6 nitrogen and oxygen atoms in total. The first kappa shape index (κ1) is 19.6. The quantitative estimate of drug-likeness (QED) is 0.517. The highest BCUT2D eigenvalue weighted by Gasteiger charge is 2.44. The lowest BCUT2D eigenvalue weighted by Gasteiger charge is -2.32. The zero-order valence-electron chi connectivity index (χ0n) is 16.2. The van der Waals surface area contributed by atoms with Gasteiger partial charge in [-0.3, -0.25) is 14.7 Å². The van der Waals surface area contributed by atoms with Gasteiger partial charge < -0.3 is 16.0 Å². The number of nitrogens with one attached hydrogen (secondary N) is 3. The number of rotatable bonds is 6. The molecule has 1 heterocycles. The fourth-order valence-corrected chi connectivity index (χ4v) is 3.70. The van der Waals surface area contributed by atoms with E-state index < -0.39 is 0 Å². The Balaban J connectivity index is 1.46. The van der Waals surface area contributed by atoms with E-state index in [2.05, 4.69) is 25.8 Å². The highest BCUT2D eigenvalue weighted by molar-refractivity contribution is 5.80. The third-order valence-corrected chi connectivity index (χ3v) is 5.68. The molecule has 1 saturated carbocycles. The van der Waals surface area contributed by atoms with Crippen LogP contribution in [0.4, 0.5) is 4.39 Å². The molecular formula is C20H30FN5O. The topological polar surface area (TPSA) is 68.8 Å². The predicted octanol–water partition coefficient (Wildman–Crippen LogP) is 1.23. The average Bonchev–Trinajstić information content (AvgIpc) is 3.47. The number of piperidine rings is 1. The van der Waals surface area contributed by atoms with Crippen LogP contribution < -0.4 is 16.0 Å². The number of nitrogens with zero attached hydrogens (tertiary/aromatic N) is 2. The fraction of sp³-hybridized carbons (Fsp3) is 0.600. The van der Waals surface area contributed by atoms with Gasteiger partial charge in [0.2, 0.25) is 5.91 Å². The maximum absolute atomic E-state index is 13.5. The molecule has 2 aliphatic rings. The summed E-state index contributed by atoms with van der Waals surface area (Å²) >= 11 is 0. The number of likely N-dealkylation sites (N-methyl/N-ethyl adjacent to an activating group) is 1. The smallest absolute Gasteiger partial charge is 0.233 e. The van der Waals surface area contributed by atoms with Crippen LogP contribution in [0.5, 0.6) is 0 Å². The Morgan fingerprint density at radius 3 is 2.67 bits per heavy atom. The summed E-state index contributed by atoms with van der Waals surface area (Å²) in [4.78, 5) is 18.0. The lowest BCUT2D eigenvalue weighted by molar-refractivity contribution is -0.122. The van der Waals surface area contributed by atoms with Gasteiger partial charge in [0.05, 0.1) is 6.54 Å². The van der Waals surface area contributed by atoms with Crippen molar-refractivity contribution < 1.29 is 9.18 Å². The van der Waals surface area contributed by atoms with Crippen molar-refractivity contribution in [1.82, 2.24) is 20.9 Å². The van der Waals surface area contributed by atoms with Crippen LogP contribution in [0, 0.1) is 5.82 Å². The Hall–Kier alpha value is -2.15. The van der Waals surface area contributed by atoms with E-state index in [9.17, 15) is 9.18 Å². The number of amides is 1. The fourth-order valence-electron chi connectivity index (χ4n) is 3.70. The molecule has 0 aromatic heterocycles. The number of carbonyl (C=O) groups is 1. The van der Waals surface area contributed by atoms with Crippen molar-refractivity contribution in [1.29, 1.82) is 0 Å². The van der Waals surface area contributed by atoms with Crippen molar-refractivity contribution in [2.24, 2.45) is 4.99 Å². The summed E-state index contributed by atoms with van der Waals surface area (Å²) in [6.45, 7) is 3.02.